The predicted octanol–water partition coefficient (Wildman–Crippen LogP) is 0.127. The minimum atomic E-state index is 0.213. The molecule has 1 rings (SSSR count). The number of hydrogen-bond donors (Lipinski definition) is 1. The average molecular weight is 123 g/mol. The summed E-state index contributed by atoms with van der Waals surface area (Å²) in [4.78, 5) is 3.67. The van der Waals surface area contributed by atoms with Crippen LogP contribution in [0, 0.1) is 11.3 Å². The van der Waals surface area contributed by atoms with E-state index in [9.17, 15) is 0 Å². The molecule has 0 aromatic carbocycles. The Morgan fingerprint density at radius 2 is 2.67 bits per heavy atom. The first-order valence-corrected chi connectivity index (χ1v) is 2.40. The highest BCUT2D eigenvalue weighted by molar-refractivity contribution is 5.83. The number of hydroxylamine groups is 2. The molecule has 0 unspecified atom stereocenters. The molecule has 4 heteroatoms. The van der Waals surface area contributed by atoms with E-state index in [1.807, 2.05) is 6.07 Å². The number of allylic oxidation sites excluding steroid dienone is 1. The number of hydrogen-bond acceptors (Lipinski definition) is 4. The maximum atomic E-state index is 8.70. The fraction of sp³-hybridized carbons (Fsp3) is 0.200. The highest BCUT2D eigenvalue weighted by Crippen LogP contribution is 1.97. The second kappa shape index (κ2) is 2.29. The molecule has 0 amide bonds. The van der Waals surface area contributed by atoms with Crippen LogP contribution in [0.4, 0.5) is 0 Å². The molecular formula is C5H5N3O. The van der Waals surface area contributed by atoms with Crippen LogP contribution in [-0.4, -0.2) is 23.2 Å². The highest BCUT2D eigenvalue weighted by atomic mass is 16.5. The van der Waals surface area contributed by atoms with Gasteiger partial charge in [-0.1, -0.05) is 0 Å². The van der Waals surface area contributed by atoms with Crippen molar-refractivity contribution in [2.45, 2.75) is 0 Å². The van der Waals surface area contributed by atoms with Gasteiger partial charge in [0.15, 0.2) is 0 Å². The lowest BCUT2D eigenvalue weighted by Crippen LogP contribution is -2.16. The molecule has 9 heavy (non-hydrogen) atoms. The van der Waals surface area contributed by atoms with Gasteiger partial charge in [0.05, 0.1) is 5.57 Å². The van der Waals surface area contributed by atoms with Crippen LogP contribution in [0.15, 0.2) is 16.8 Å². The summed E-state index contributed by atoms with van der Waals surface area (Å²) in [7, 11) is 0. The van der Waals surface area contributed by atoms with Crippen LogP contribution in [0.25, 0.3) is 0 Å². The summed E-state index contributed by atoms with van der Waals surface area (Å²) < 4.78 is 0. The normalized spacial score (nSPS) is 16.9. The lowest BCUT2D eigenvalue weighted by molar-refractivity contribution is -0.0389. The Morgan fingerprint density at radius 1 is 1.89 bits per heavy atom. The van der Waals surface area contributed by atoms with E-state index in [4.69, 9.17) is 10.5 Å². The van der Waals surface area contributed by atoms with Crippen molar-refractivity contribution in [2.24, 2.45) is 4.99 Å². The standard InChI is InChI=1S/C5H5N3O/c6-1-5-2-7-4-8(9)3-5/h2-3,9H,4H2. The zero-order chi connectivity index (χ0) is 6.69. The van der Waals surface area contributed by atoms with Crippen molar-refractivity contribution in [1.29, 1.82) is 5.26 Å². The Hall–Kier alpha value is -1.34. The number of aliphatic imine (C=N–C) groups is 1. The largest absolute Gasteiger partial charge is 0.287 e. The summed E-state index contributed by atoms with van der Waals surface area (Å²) in [6, 6.07) is 1.84. The van der Waals surface area contributed by atoms with E-state index in [1.165, 1.54) is 12.4 Å². The van der Waals surface area contributed by atoms with Crippen molar-refractivity contribution >= 4 is 6.21 Å². The summed E-state index contributed by atoms with van der Waals surface area (Å²) in [5.74, 6) is 0. The second-order valence-corrected chi connectivity index (χ2v) is 1.59. The van der Waals surface area contributed by atoms with Gasteiger partial charge >= 0.3 is 0 Å². The fourth-order valence-electron chi connectivity index (χ4n) is 0.515. The highest BCUT2D eigenvalue weighted by Gasteiger charge is 1.99. The van der Waals surface area contributed by atoms with E-state index in [1.54, 1.807) is 0 Å². The average Bonchev–Trinajstić information content (AvgIpc) is 1.88. The smallest absolute Gasteiger partial charge is 0.135 e. The molecule has 0 aliphatic carbocycles. The Balaban J connectivity index is 2.74. The quantitative estimate of drug-likeness (QED) is 0.498. The summed E-state index contributed by atoms with van der Waals surface area (Å²) in [6.45, 7) is 0.213. The van der Waals surface area contributed by atoms with Gasteiger partial charge in [0.25, 0.3) is 0 Å². The number of rotatable bonds is 0. The SMILES string of the molecule is N#CC1=CN(O)CN=C1. The van der Waals surface area contributed by atoms with Crippen LogP contribution in [-0.2, 0) is 0 Å². The van der Waals surface area contributed by atoms with Gasteiger partial charge in [0.2, 0.25) is 0 Å². The summed E-state index contributed by atoms with van der Waals surface area (Å²) in [6.07, 6.45) is 2.75. The molecule has 0 aromatic rings. The van der Waals surface area contributed by atoms with Gasteiger partial charge in [-0.15, -0.1) is 0 Å². The maximum absolute atomic E-state index is 8.70. The van der Waals surface area contributed by atoms with E-state index in [0.29, 0.717) is 5.57 Å². The zero-order valence-electron chi connectivity index (χ0n) is 4.65. The van der Waals surface area contributed by atoms with Crippen molar-refractivity contribution in [3.8, 4) is 6.07 Å². The van der Waals surface area contributed by atoms with Gasteiger partial charge in [0.1, 0.15) is 12.7 Å². The molecular weight excluding hydrogens is 118 g/mol. The summed E-state index contributed by atoms with van der Waals surface area (Å²) in [5.41, 5.74) is 0.365. The van der Waals surface area contributed by atoms with E-state index in [2.05, 4.69) is 4.99 Å². The fourth-order valence-corrected chi connectivity index (χ4v) is 0.515. The lowest BCUT2D eigenvalue weighted by atomic mass is 10.3. The van der Waals surface area contributed by atoms with Crippen LogP contribution in [0.5, 0.6) is 0 Å². The molecule has 46 valence electrons. The third-order valence-electron chi connectivity index (χ3n) is 0.874. The Bertz CT molecular complexity index is 201. The molecule has 0 saturated carbocycles. The Labute approximate surface area is 52.3 Å². The van der Waals surface area contributed by atoms with Crippen LogP contribution in [0.1, 0.15) is 0 Å². The van der Waals surface area contributed by atoms with Gasteiger partial charge in [-0.2, -0.15) is 5.26 Å². The molecule has 0 saturated heterocycles. The van der Waals surface area contributed by atoms with Gasteiger partial charge in [-0.05, 0) is 0 Å². The van der Waals surface area contributed by atoms with E-state index >= 15 is 0 Å². The van der Waals surface area contributed by atoms with Crippen LogP contribution in [0.3, 0.4) is 0 Å². The van der Waals surface area contributed by atoms with Crippen LogP contribution < -0.4 is 0 Å². The molecule has 1 heterocycles. The van der Waals surface area contributed by atoms with Gasteiger partial charge in [-0.3, -0.25) is 10.2 Å². The molecule has 0 radical (unpaired) electrons. The molecule has 0 spiro atoms. The lowest BCUT2D eigenvalue weighted by Gasteiger charge is -2.10. The second-order valence-electron chi connectivity index (χ2n) is 1.59. The van der Waals surface area contributed by atoms with Crippen molar-refractivity contribution in [3.63, 3.8) is 0 Å². The molecule has 0 aromatic heterocycles. The molecule has 1 aliphatic rings. The van der Waals surface area contributed by atoms with Crippen molar-refractivity contribution in [3.05, 3.63) is 11.8 Å². The first-order valence-electron chi connectivity index (χ1n) is 2.40. The third kappa shape index (κ3) is 1.27. The topological polar surface area (TPSA) is 59.6 Å². The zero-order valence-corrected chi connectivity index (χ0v) is 4.65. The van der Waals surface area contributed by atoms with Crippen molar-refractivity contribution in [1.82, 2.24) is 5.06 Å². The minimum absolute atomic E-state index is 0.213. The predicted molar refractivity (Wildman–Crippen MR) is 30.7 cm³/mol. The van der Waals surface area contributed by atoms with Crippen LogP contribution >= 0.6 is 0 Å². The van der Waals surface area contributed by atoms with E-state index in [0.717, 1.165) is 5.06 Å². The van der Waals surface area contributed by atoms with E-state index < -0.39 is 0 Å². The first-order chi connectivity index (χ1) is 4.33. The molecule has 1 N–H and O–H groups in total. The van der Waals surface area contributed by atoms with Crippen LogP contribution in [0.2, 0.25) is 0 Å². The number of nitriles is 1. The monoisotopic (exact) mass is 123 g/mol. The summed E-state index contributed by atoms with van der Waals surface area (Å²) >= 11 is 0. The first kappa shape index (κ1) is 5.79. The Morgan fingerprint density at radius 3 is 3.11 bits per heavy atom. The van der Waals surface area contributed by atoms with Gasteiger partial charge in [0, 0.05) is 12.4 Å². The minimum Gasteiger partial charge on any atom is -0.287 e. The van der Waals surface area contributed by atoms with E-state index in [-0.39, 0.29) is 6.67 Å². The molecule has 0 bridgehead atoms. The molecule has 1 aliphatic heterocycles. The Kier molecular flexibility index (Phi) is 1.47. The van der Waals surface area contributed by atoms with Gasteiger partial charge < -0.3 is 0 Å². The van der Waals surface area contributed by atoms with Gasteiger partial charge in [-0.25, -0.2) is 5.06 Å². The molecule has 0 atom stereocenters. The third-order valence-corrected chi connectivity index (χ3v) is 0.874. The summed E-state index contributed by atoms with van der Waals surface area (Å²) in [5, 5.41) is 17.8. The van der Waals surface area contributed by atoms with Crippen molar-refractivity contribution < 1.29 is 5.21 Å². The van der Waals surface area contributed by atoms with Crippen molar-refractivity contribution in [2.75, 3.05) is 6.67 Å². The maximum Gasteiger partial charge on any atom is 0.135 e. The molecule has 0 fully saturated rings. The number of nitrogens with zero attached hydrogens (tertiary/aromatic N) is 3. The molecule has 4 nitrogen and oxygen atoms in total.